The summed E-state index contributed by atoms with van der Waals surface area (Å²) in [6, 6.07) is 23.3. The average Bonchev–Trinajstić information content (AvgIpc) is 3.64. The normalized spacial score (nSPS) is 19.5. The zero-order valence-electron chi connectivity index (χ0n) is 23.1. The van der Waals surface area contributed by atoms with E-state index >= 15 is 0 Å². The van der Waals surface area contributed by atoms with Gasteiger partial charge in [-0.25, -0.2) is 0 Å². The molecular weight excluding hydrogens is 500 g/mol. The largest absolute Gasteiger partial charge is 0.490 e. The van der Waals surface area contributed by atoms with Crippen molar-refractivity contribution in [2.75, 3.05) is 4.90 Å². The third-order valence-corrected chi connectivity index (χ3v) is 8.53. The predicted molar refractivity (Wildman–Crippen MR) is 162 cm³/mol. The molecule has 2 aromatic heterocycles. The SMILES string of the molecule is Cc1ccc(C)c(-n2c(C)cc([C@@H]3[C@@H](c4ccccn4)NC(=S)N3c3ccc(OC4CCCC4)cc3)c2C)c1. The van der Waals surface area contributed by atoms with Crippen molar-refractivity contribution >= 4 is 23.0 Å². The number of thiocarbonyl (C=S) groups is 1. The maximum Gasteiger partial charge on any atom is 0.174 e. The first-order chi connectivity index (χ1) is 18.9. The molecule has 2 aromatic carbocycles. The van der Waals surface area contributed by atoms with E-state index in [9.17, 15) is 0 Å². The number of ether oxygens (including phenoxy) is 1. The first kappa shape index (κ1) is 25.6. The third-order valence-electron chi connectivity index (χ3n) is 8.21. The van der Waals surface area contributed by atoms with Crippen LogP contribution in [0.3, 0.4) is 0 Å². The highest BCUT2D eigenvalue weighted by Gasteiger charge is 2.42. The van der Waals surface area contributed by atoms with Gasteiger partial charge in [-0.15, -0.1) is 0 Å². The molecule has 2 fully saturated rings. The van der Waals surface area contributed by atoms with E-state index in [0.717, 1.165) is 30.0 Å². The van der Waals surface area contributed by atoms with Gasteiger partial charge >= 0.3 is 0 Å². The Morgan fingerprint density at radius 2 is 1.69 bits per heavy atom. The zero-order valence-corrected chi connectivity index (χ0v) is 24.0. The Morgan fingerprint density at radius 3 is 2.41 bits per heavy atom. The van der Waals surface area contributed by atoms with Crippen molar-refractivity contribution in [3.05, 3.63) is 107 Å². The molecule has 5 nitrogen and oxygen atoms in total. The van der Waals surface area contributed by atoms with Crippen molar-refractivity contribution in [2.45, 2.75) is 71.6 Å². The Hall–Kier alpha value is -3.64. The molecule has 0 spiro atoms. The maximum absolute atomic E-state index is 6.25. The molecule has 6 heteroatoms. The molecule has 0 unspecified atom stereocenters. The van der Waals surface area contributed by atoms with Gasteiger partial charge in [-0.2, -0.15) is 0 Å². The van der Waals surface area contributed by atoms with Crippen LogP contribution in [0.4, 0.5) is 5.69 Å². The average molecular weight is 537 g/mol. The number of nitrogens with one attached hydrogen (secondary N) is 1. The zero-order chi connectivity index (χ0) is 27.1. The van der Waals surface area contributed by atoms with Gasteiger partial charge in [0.15, 0.2) is 5.11 Å². The van der Waals surface area contributed by atoms with Crippen LogP contribution in [0.1, 0.15) is 71.5 Å². The number of anilines is 1. The Morgan fingerprint density at radius 1 is 0.923 bits per heavy atom. The van der Waals surface area contributed by atoms with Gasteiger partial charge in [0.05, 0.1) is 23.9 Å². The fraction of sp³-hybridized carbons (Fsp3) is 0.333. The number of aromatic nitrogens is 2. The van der Waals surface area contributed by atoms with Gasteiger partial charge in [-0.05, 0) is 131 Å². The smallest absolute Gasteiger partial charge is 0.174 e. The van der Waals surface area contributed by atoms with Crippen molar-refractivity contribution in [1.82, 2.24) is 14.9 Å². The van der Waals surface area contributed by atoms with Crippen LogP contribution in [0.15, 0.2) is 72.9 Å². The third kappa shape index (κ3) is 4.82. The molecule has 1 saturated carbocycles. The summed E-state index contributed by atoms with van der Waals surface area (Å²) in [6.07, 6.45) is 6.99. The minimum absolute atomic E-state index is 0.0564. The van der Waals surface area contributed by atoms with Crippen LogP contribution in [-0.4, -0.2) is 20.8 Å². The fourth-order valence-corrected chi connectivity index (χ4v) is 6.60. The van der Waals surface area contributed by atoms with Crippen molar-refractivity contribution in [3.63, 3.8) is 0 Å². The number of hydrogen-bond donors (Lipinski definition) is 1. The van der Waals surface area contributed by atoms with E-state index in [2.05, 4.69) is 97.1 Å². The van der Waals surface area contributed by atoms with Gasteiger partial charge in [-0.3, -0.25) is 4.98 Å². The minimum Gasteiger partial charge on any atom is -0.490 e. The molecule has 39 heavy (non-hydrogen) atoms. The molecular formula is C33H36N4OS. The number of pyridine rings is 1. The summed E-state index contributed by atoms with van der Waals surface area (Å²) >= 11 is 5.99. The fourth-order valence-electron chi connectivity index (χ4n) is 6.25. The van der Waals surface area contributed by atoms with Crippen LogP contribution < -0.4 is 15.0 Å². The van der Waals surface area contributed by atoms with Crippen LogP contribution in [0, 0.1) is 27.7 Å². The van der Waals surface area contributed by atoms with Crippen molar-refractivity contribution < 1.29 is 4.74 Å². The van der Waals surface area contributed by atoms with Gasteiger partial charge in [-0.1, -0.05) is 18.2 Å². The van der Waals surface area contributed by atoms with E-state index in [-0.39, 0.29) is 12.1 Å². The second-order valence-corrected chi connectivity index (χ2v) is 11.4. The van der Waals surface area contributed by atoms with Crippen LogP contribution in [0.5, 0.6) is 5.75 Å². The van der Waals surface area contributed by atoms with E-state index in [0.29, 0.717) is 11.2 Å². The summed E-state index contributed by atoms with van der Waals surface area (Å²) in [5, 5.41) is 4.32. The van der Waals surface area contributed by atoms with E-state index in [1.54, 1.807) is 0 Å². The van der Waals surface area contributed by atoms with Gasteiger partial charge in [0, 0.05) is 29.0 Å². The van der Waals surface area contributed by atoms with Gasteiger partial charge in [0.1, 0.15) is 5.75 Å². The quantitative estimate of drug-likeness (QED) is 0.257. The Kier molecular flexibility index (Phi) is 6.90. The molecule has 3 heterocycles. The highest BCUT2D eigenvalue weighted by molar-refractivity contribution is 7.80. The van der Waals surface area contributed by atoms with Crippen LogP contribution in [0.2, 0.25) is 0 Å². The van der Waals surface area contributed by atoms with Gasteiger partial charge < -0.3 is 19.5 Å². The number of aryl methyl sites for hydroxylation is 3. The lowest BCUT2D eigenvalue weighted by Crippen LogP contribution is -2.29. The van der Waals surface area contributed by atoms with Crippen LogP contribution >= 0.6 is 12.2 Å². The van der Waals surface area contributed by atoms with Crippen molar-refractivity contribution in [1.29, 1.82) is 0 Å². The van der Waals surface area contributed by atoms with E-state index in [4.69, 9.17) is 21.9 Å². The number of hydrogen-bond acceptors (Lipinski definition) is 3. The molecule has 1 aliphatic heterocycles. The molecule has 0 radical (unpaired) electrons. The molecule has 1 saturated heterocycles. The second kappa shape index (κ2) is 10.5. The topological polar surface area (TPSA) is 42.3 Å². The summed E-state index contributed by atoms with van der Waals surface area (Å²) in [4.78, 5) is 6.99. The summed E-state index contributed by atoms with van der Waals surface area (Å²) in [6.45, 7) is 8.74. The van der Waals surface area contributed by atoms with E-state index < -0.39 is 0 Å². The lowest BCUT2D eigenvalue weighted by atomic mass is 9.96. The number of nitrogens with zero attached hydrogens (tertiary/aromatic N) is 3. The Labute approximate surface area is 236 Å². The first-order valence-corrected chi connectivity index (χ1v) is 14.4. The highest BCUT2D eigenvalue weighted by Crippen LogP contribution is 2.44. The number of benzene rings is 2. The first-order valence-electron chi connectivity index (χ1n) is 13.9. The van der Waals surface area contributed by atoms with Crippen molar-refractivity contribution in [3.8, 4) is 11.4 Å². The molecule has 6 rings (SSSR count). The predicted octanol–water partition coefficient (Wildman–Crippen LogP) is 7.60. The minimum atomic E-state index is -0.0827. The molecule has 2 atom stereocenters. The van der Waals surface area contributed by atoms with E-state index in [1.807, 2.05) is 18.3 Å². The van der Waals surface area contributed by atoms with Crippen molar-refractivity contribution in [2.24, 2.45) is 0 Å². The monoisotopic (exact) mass is 536 g/mol. The van der Waals surface area contributed by atoms with E-state index in [1.165, 1.54) is 46.6 Å². The van der Waals surface area contributed by atoms with Crippen LogP contribution in [0.25, 0.3) is 5.69 Å². The molecule has 1 N–H and O–H groups in total. The maximum atomic E-state index is 6.25. The lowest BCUT2D eigenvalue weighted by molar-refractivity contribution is 0.210. The van der Waals surface area contributed by atoms with Gasteiger partial charge in [0.2, 0.25) is 0 Å². The van der Waals surface area contributed by atoms with Crippen LogP contribution in [-0.2, 0) is 0 Å². The Bertz CT molecular complexity index is 1490. The highest BCUT2D eigenvalue weighted by atomic mass is 32.1. The van der Waals surface area contributed by atoms with Gasteiger partial charge in [0.25, 0.3) is 0 Å². The summed E-state index contributed by atoms with van der Waals surface area (Å²) < 4.78 is 8.63. The molecule has 0 bridgehead atoms. The molecule has 0 amide bonds. The number of rotatable bonds is 6. The molecule has 2 aliphatic rings. The lowest BCUT2D eigenvalue weighted by Gasteiger charge is -2.28. The Balaban J connectivity index is 1.43. The molecule has 1 aliphatic carbocycles. The second-order valence-electron chi connectivity index (χ2n) is 11.0. The summed E-state index contributed by atoms with van der Waals surface area (Å²) in [7, 11) is 0. The summed E-state index contributed by atoms with van der Waals surface area (Å²) in [5.74, 6) is 0.926. The standard InChI is InChI=1S/C33H36N4OS/c1-21-12-13-22(2)30(19-21)36-23(3)20-28(24(36)4)32-31(29-11-7-8-18-34-29)35-33(39)37(32)25-14-16-27(17-15-25)38-26-9-5-6-10-26/h7-8,11-20,26,31-32H,5-6,9-10H2,1-4H3,(H,35,39)/t31-,32-/m1/s1. The molecule has 200 valence electrons. The molecule has 4 aromatic rings. The summed E-state index contributed by atoms with van der Waals surface area (Å²) in [5.41, 5.74) is 9.41.